The van der Waals surface area contributed by atoms with Gasteiger partial charge in [-0.15, -0.1) is 24.0 Å². The molecule has 0 saturated carbocycles. The largest absolute Gasteiger partial charge is 0.496 e. The predicted octanol–water partition coefficient (Wildman–Crippen LogP) is 3.22. The quantitative estimate of drug-likeness (QED) is 0.314. The lowest BCUT2D eigenvalue weighted by molar-refractivity contribution is 0.239. The Labute approximate surface area is 196 Å². The van der Waals surface area contributed by atoms with Crippen molar-refractivity contribution in [1.82, 2.24) is 20.5 Å². The van der Waals surface area contributed by atoms with Gasteiger partial charge in [0.2, 0.25) is 5.88 Å². The number of hydrogen-bond acceptors (Lipinski definition) is 5. The smallest absolute Gasteiger partial charge is 0.218 e. The maximum atomic E-state index is 5.63. The molecule has 2 N–H and O–H groups in total. The van der Waals surface area contributed by atoms with Crippen LogP contribution in [-0.4, -0.2) is 56.7 Å². The fourth-order valence-electron chi connectivity index (χ4n) is 3.77. The number of guanidine groups is 1. The summed E-state index contributed by atoms with van der Waals surface area (Å²) >= 11 is 0. The lowest BCUT2D eigenvalue weighted by Crippen LogP contribution is -2.42. The van der Waals surface area contributed by atoms with Gasteiger partial charge in [0, 0.05) is 37.5 Å². The van der Waals surface area contributed by atoms with Crippen LogP contribution in [-0.2, 0) is 6.54 Å². The van der Waals surface area contributed by atoms with Crippen molar-refractivity contribution in [2.45, 2.75) is 25.4 Å². The van der Waals surface area contributed by atoms with Crippen LogP contribution in [0.25, 0.3) is 0 Å². The molecule has 1 atom stereocenters. The number of pyridine rings is 1. The number of ether oxygens (including phenoxy) is 2. The van der Waals surface area contributed by atoms with Crippen LogP contribution in [0.4, 0.5) is 0 Å². The molecule has 30 heavy (non-hydrogen) atoms. The van der Waals surface area contributed by atoms with E-state index >= 15 is 0 Å². The minimum absolute atomic E-state index is 0. The molecule has 2 heterocycles. The average molecular weight is 525 g/mol. The summed E-state index contributed by atoms with van der Waals surface area (Å²) in [6.07, 6.45) is 4.20. The summed E-state index contributed by atoms with van der Waals surface area (Å²) in [5, 5.41) is 6.84. The summed E-state index contributed by atoms with van der Waals surface area (Å²) in [4.78, 5) is 11.1. The highest BCUT2D eigenvalue weighted by atomic mass is 127. The number of benzene rings is 1. The number of likely N-dealkylation sites (tertiary alicyclic amines) is 1. The highest BCUT2D eigenvalue weighted by Gasteiger charge is 2.26. The van der Waals surface area contributed by atoms with E-state index in [9.17, 15) is 0 Å². The zero-order valence-electron chi connectivity index (χ0n) is 17.9. The fourth-order valence-corrected chi connectivity index (χ4v) is 3.77. The zero-order valence-corrected chi connectivity index (χ0v) is 20.3. The van der Waals surface area contributed by atoms with E-state index in [1.165, 1.54) is 18.4 Å². The number of aliphatic imine (C=N–C) groups is 1. The lowest BCUT2D eigenvalue weighted by Gasteiger charge is -2.30. The molecule has 1 aliphatic heterocycles. The van der Waals surface area contributed by atoms with Crippen molar-refractivity contribution < 1.29 is 9.47 Å². The Balaban J connectivity index is 0.00000320. The number of methoxy groups -OCH3 is 2. The van der Waals surface area contributed by atoms with Crippen LogP contribution in [0.1, 0.15) is 30.0 Å². The summed E-state index contributed by atoms with van der Waals surface area (Å²) in [6, 6.07) is 12.4. The van der Waals surface area contributed by atoms with E-state index in [2.05, 4.69) is 37.6 Å². The van der Waals surface area contributed by atoms with Crippen LogP contribution < -0.4 is 20.1 Å². The SMILES string of the molecule is CN=C(NCc1cccnc1OC)NCC(c1ccccc1OC)N1CCCC1.I. The van der Waals surface area contributed by atoms with Gasteiger partial charge in [-0.05, 0) is 38.1 Å². The van der Waals surface area contributed by atoms with Crippen LogP contribution in [0.15, 0.2) is 47.6 Å². The molecular formula is C22H32IN5O2. The minimum Gasteiger partial charge on any atom is -0.496 e. The van der Waals surface area contributed by atoms with Crippen LogP contribution in [0.5, 0.6) is 11.6 Å². The molecule has 2 aromatic rings. The normalized spacial score (nSPS) is 15.2. The lowest BCUT2D eigenvalue weighted by atomic mass is 10.0. The second-order valence-corrected chi connectivity index (χ2v) is 6.98. The summed E-state index contributed by atoms with van der Waals surface area (Å²) in [5.41, 5.74) is 2.19. The molecule has 8 heteroatoms. The second kappa shape index (κ2) is 12.6. The van der Waals surface area contributed by atoms with Gasteiger partial charge in [-0.2, -0.15) is 0 Å². The first kappa shape index (κ1) is 24.2. The van der Waals surface area contributed by atoms with E-state index in [0.29, 0.717) is 12.4 Å². The molecule has 3 rings (SSSR count). The molecule has 1 aliphatic rings. The predicted molar refractivity (Wildman–Crippen MR) is 131 cm³/mol. The molecule has 164 valence electrons. The molecule has 0 spiro atoms. The Morgan fingerprint density at radius 1 is 1.10 bits per heavy atom. The van der Waals surface area contributed by atoms with Gasteiger partial charge in [0.25, 0.3) is 0 Å². The first-order valence-electron chi connectivity index (χ1n) is 10.1. The van der Waals surface area contributed by atoms with E-state index in [4.69, 9.17) is 9.47 Å². The summed E-state index contributed by atoms with van der Waals surface area (Å²) < 4.78 is 11.0. The zero-order chi connectivity index (χ0) is 20.5. The summed E-state index contributed by atoms with van der Waals surface area (Å²) in [7, 11) is 5.14. The molecular weight excluding hydrogens is 493 g/mol. The molecule has 1 fully saturated rings. The second-order valence-electron chi connectivity index (χ2n) is 6.98. The Bertz CT molecular complexity index is 812. The van der Waals surface area contributed by atoms with Gasteiger partial charge in [-0.25, -0.2) is 4.98 Å². The number of nitrogens with zero attached hydrogens (tertiary/aromatic N) is 3. The van der Waals surface area contributed by atoms with Crippen LogP contribution >= 0.6 is 24.0 Å². The number of hydrogen-bond donors (Lipinski definition) is 2. The number of aromatic nitrogens is 1. The van der Waals surface area contributed by atoms with Crippen molar-refractivity contribution in [1.29, 1.82) is 0 Å². The van der Waals surface area contributed by atoms with E-state index in [1.54, 1.807) is 27.5 Å². The first-order valence-corrected chi connectivity index (χ1v) is 10.1. The molecule has 1 saturated heterocycles. The molecule has 0 aliphatic carbocycles. The van der Waals surface area contributed by atoms with Gasteiger partial charge in [-0.3, -0.25) is 9.89 Å². The van der Waals surface area contributed by atoms with E-state index in [-0.39, 0.29) is 30.0 Å². The highest BCUT2D eigenvalue weighted by Crippen LogP contribution is 2.31. The van der Waals surface area contributed by atoms with E-state index in [0.717, 1.165) is 36.9 Å². The first-order chi connectivity index (χ1) is 14.3. The van der Waals surface area contributed by atoms with Crippen LogP contribution in [0.3, 0.4) is 0 Å². The maximum Gasteiger partial charge on any atom is 0.218 e. The van der Waals surface area contributed by atoms with Crippen LogP contribution in [0, 0.1) is 0 Å². The van der Waals surface area contributed by atoms with Crippen molar-refractivity contribution in [3.8, 4) is 11.6 Å². The fraction of sp³-hybridized carbons (Fsp3) is 0.455. The van der Waals surface area contributed by atoms with Crippen molar-refractivity contribution in [2.24, 2.45) is 4.99 Å². The molecule has 1 unspecified atom stereocenters. The van der Waals surface area contributed by atoms with Gasteiger partial charge < -0.3 is 20.1 Å². The molecule has 0 bridgehead atoms. The number of halogens is 1. The van der Waals surface area contributed by atoms with Gasteiger partial charge >= 0.3 is 0 Å². The van der Waals surface area contributed by atoms with Gasteiger partial charge in [0.1, 0.15) is 5.75 Å². The van der Waals surface area contributed by atoms with Gasteiger partial charge in [0.15, 0.2) is 5.96 Å². The monoisotopic (exact) mass is 525 g/mol. The Kier molecular flexibility index (Phi) is 10.2. The maximum absolute atomic E-state index is 5.63. The van der Waals surface area contributed by atoms with E-state index in [1.807, 2.05) is 24.3 Å². The summed E-state index contributed by atoms with van der Waals surface area (Å²) in [6.45, 7) is 3.52. The molecule has 1 aromatic carbocycles. The molecule has 7 nitrogen and oxygen atoms in total. The van der Waals surface area contributed by atoms with Gasteiger partial charge in [-0.1, -0.05) is 24.3 Å². The van der Waals surface area contributed by atoms with Crippen molar-refractivity contribution in [3.05, 3.63) is 53.7 Å². The Hall–Kier alpha value is -2.07. The Morgan fingerprint density at radius 3 is 2.57 bits per heavy atom. The van der Waals surface area contributed by atoms with E-state index < -0.39 is 0 Å². The van der Waals surface area contributed by atoms with Gasteiger partial charge in [0.05, 0.1) is 20.3 Å². The molecule has 1 aromatic heterocycles. The number of nitrogens with one attached hydrogen (secondary N) is 2. The average Bonchev–Trinajstić information content (AvgIpc) is 3.31. The number of para-hydroxylation sites is 1. The summed E-state index contributed by atoms with van der Waals surface area (Å²) in [5.74, 6) is 2.30. The Morgan fingerprint density at radius 2 is 1.87 bits per heavy atom. The molecule has 0 radical (unpaired) electrons. The van der Waals surface area contributed by atoms with Crippen molar-refractivity contribution >= 4 is 29.9 Å². The standard InChI is InChI=1S/C22H31N5O2.HI/c1-23-22(25-15-17-9-8-12-24-21(17)29-3)26-16-19(27-13-6-7-14-27)18-10-4-5-11-20(18)28-2;/h4-5,8-12,19H,6-7,13-16H2,1-3H3,(H2,23,25,26);1H. The van der Waals surface area contributed by atoms with Crippen molar-refractivity contribution in [3.63, 3.8) is 0 Å². The topological polar surface area (TPSA) is 71.0 Å². The molecule has 0 amide bonds. The minimum atomic E-state index is 0. The highest BCUT2D eigenvalue weighted by molar-refractivity contribution is 14.0. The number of rotatable bonds is 8. The third kappa shape index (κ3) is 6.21. The third-order valence-electron chi connectivity index (χ3n) is 5.26. The van der Waals surface area contributed by atoms with Crippen LogP contribution in [0.2, 0.25) is 0 Å². The van der Waals surface area contributed by atoms with Crippen molar-refractivity contribution in [2.75, 3.05) is 40.9 Å². The third-order valence-corrected chi connectivity index (χ3v) is 5.26.